The molecule has 0 saturated carbocycles. The van der Waals surface area contributed by atoms with Crippen LogP contribution in [0.4, 0.5) is 0 Å². The number of rotatable bonds is 3. The van der Waals surface area contributed by atoms with Crippen LogP contribution in [0.25, 0.3) is 16.8 Å². The van der Waals surface area contributed by atoms with Gasteiger partial charge in [-0.1, -0.05) is 12.1 Å². The van der Waals surface area contributed by atoms with Gasteiger partial charge in [0.1, 0.15) is 5.69 Å². The zero-order chi connectivity index (χ0) is 15.7. The van der Waals surface area contributed by atoms with Gasteiger partial charge in [-0.2, -0.15) is 0 Å². The Labute approximate surface area is 127 Å². The monoisotopic (exact) mass is 294 g/mol. The molecule has 2 heterocycles. The van der Waals surface area contributed by atoms with Gasteiger partial charge in [0, 0.05) is 18.7 Å². The Morgan fingerprint density at radius 2 is 1.86 bits per heavy atom. The van der Waals surface area contributed by atoms with Crippen molar-refractivity contribution in [2.45, 2.75) is 6.92 Å². The zero-order valence-electron chi connectivity index (χ0n) is 12.2. The van der Waals surface area contributed by atoms with Crippen molar-refractivity contribution in [1.82, 2.24) is 9.38 Å². The third kappa shape index (κ3) is 2.26. The molecule has 0 amide bonds. The second-order valence-corrected chi connectivity index (χ2v) is 4.88. The van der Waals surface area contributed by atoms with E-state index in [1.807, 2.05) is 34.9 Å². The molecule has 110 valence electrons. The van der Waals surface area contributed by atoms with Crippen LogP contribution >= 0.6 is 0 Å². The molecular weight excluding hydrogens is 280 g/mol. The van der Waals surface area contributed by atoms with Crippen molar-refractivity contribution in [2.24, 2.45) is 0 Å². The first-order valence-electron chi connectivity index (χ1n) is 6.77. The second-order valence-electron chi connectivity index (χ2n) is 4.88. The standard InChI is InChI=1S/C17H14N2O3/c1-11(20)16-14-4-3-9-19(14)15(10-18-16)12-5-7-13(8-6-12)17(21)22-2/h3-10H,1-2H3. The highest BCUT2D eigenvalue weighted by molar-refractivity contribution is 5.99. The van der Waals surface area contributed by atoms with Gasteiger partial charge in [0.2, 0.25) is 0 Å². The molecule has 0 aliphatic carbocycles. The van der Waals surface area contributed by atoms with Crippen molar-refractivity contribution < 1.29 is 14.3 Å². The number of hydrogen-bond donors (Lipinski definition) is 0. The fourth-order valence-electron chi connectivity index (χ4n) is 2.42. The third-order valence-electron chi connectivity index (χ3n) is 3.50. The molecular formula is C17H14N2O3. The molecule has 3 aromatic rings. The SMILES string of the molecule is COC(=O)c1ccc(-c2cnc(C(C)=O)c3cccn23)cc1. The van der Waals surface area contributed by atoms with Crippen LogP contribution in [-0.4, -0.2) is 28.2 Å². The average Bonchev–Trinajstić information content (AvgIpc) is 3.02. The number of nitrogens with zero attached hydrogens (tertiary/aromatic N) is 2. The Hall–Kier alpha value is -2.95. The Balaban J connectivity index is 2.11. The highest BCUT2D eigenvalue weighted by atomic mass is 16.5. The lowest BCUT2D eigenvalue weighted by Crippen LogP contribution is -2.03. The van der Waals surface area contributed by atoms with E-state index in [2.05, 4.69) is 9.72 Å². The molecule has 2 aromatic heterocycles. The molecule has 0 radical (unpaired) electrons. The van der Waals surface area contributed by atoms with Gasteiger partial charge in [0.15, 0.2) is 5.78 Å². The van der Waals surface area contributed by atoms with Crippen LogP contribution in [0, 0.1) is 0 Å². The summed E-state index contributed by atoms with van der Waals surface area (Å²) in [7, 11) is 1.35. The van der Waals surface area contributed by atoms with Gasteiger partial charge in [-0.15, -0.1) is 0 Å². The summed E-state index contributed by atoms with van der Waals surface area (Å²) in [5, 5.41) is 0. The van der Waals surface area contributed by atoms with Crippen molar-refractivity contribution in [3.8, 4) is 11.3 Å². The summed E-state index contributed by atoms with van der Waals surface area (Å²) in [5.41, 5.74) is 3.45. The minimum Gasteiger partial charge on any atom is -0.465 e. The summed E-state index contributed by atoms with van der Waals surface area (Å²) in [4.78, 5) is 27.4. The van der Waals surface area contributed by atoms with Crippen LogP contribution < -0.4 is 0 Å². The molecule has 0 atom stereocenters. The van der Waals surface area contributed by atoms with Gasteiger partial charge in [0.05, 0.1) is 30.1 Å². The van der Waals surface area contributed by atoms with Crippen molar-refractivity contribution in [2.75, 3.05) is 7.11 Å². The largest absolute Gasteiger partial charge is 0.465 e. The summed E-state index contributed by atoms with van der Waals surface area (Å²) in [6, 6.07) is 10.8. The summed E-state index contributed by atoms with van der Waals surface area (Å²) >= 11 is 0. The maximum atomic E-state index is 11.6. The Morgan fingerprint density at radius 1 is 1.14 bits per heavy atom. The van der Waals surface area contributed by atoms with Crippen LogP contribution in [0.15, 0.2) is 48.8 Å². The average molecular weight is 294 g/mol. The summed E-state index contributed by atoms with van der Waals surface area (Å²) in [6.07, 6.45) is 3.55. The van der Waals surface area contributed by atoms with Crippen LogP contribution in [0.5, 0.6) is 0 Å². The molecule has 5 nitrogen and oxygen atoms in total. The number of esters is 1. The minimum absolute atomic E-state index is 0.0729. The van der Waals surface area contributed by atoms with E-state index < -0.39 is 0 Å². The fraction of sp³-hybridized carbons (Fsp3) is 0.118. The Bertz CT molecular complexity index is 863. The molecule has 5 heteroatoms. The topological polar surface area (TPSA) is 60.7 Å². The van der Waals surface area contributed by atoms with Gasteiger partial charge in [-0.05, 0) is 24.3 Å². The van der Waals surface area contributed by atoms with E-state index in [0.29, 0.717) is 11.3 Å². The zero-order valence-corrected chi connectivity index (χ0v) is 12.2. The first-order valence-corrected chi connectivity index (χ1v) is 6.77. The summed E-state index contributed by atoms with van der Waals surface area (Å²) < 4.78 is 6.60. The van der Waals surface area contributed by atoms with Crippen LogP contribution in [0.1, 0.15) is 27.8 Å². The molecule has 0 N–H and O–H groups in total. The second kappa shape index (κ2) is 5.44. The number of aromatic nitrogens is 2. The van der Waals surface area contributed by atoms with Gasteiger partial charge >= 0.3 is 5.97 Å². The van der Waals surface area contributed by atoms with E-state index in [1.54, 1.807) is 18.3 Å². The molecule has 0 saturated heterocycles. The lowest BCUT2D eigenvalue weighted by atomic mass is 10.1. The number of methoxy groups -OCH3 is 1. The van der Waals surface area contributed by atoms with E-state index in [4.69, 9.17) is 0 Å². The highest BCUT2D eigenvalue weighted by Gasteiger charge is 2.12. The number of ketones is 1. The first kappa shape index (κ1) is 14.0. The number of carbonyl (C=O) groups is 2. The van der Waals surface area contributed by atoms with Crippen molar-refractivity contribution in [3.63, 3.8) is 0 Å². The molecule has 0 aliphatic rings. The Kier molecular flexibility index (Phi) is 3.47. The predicted octanol–water partition coefficient (Wildman–Crippen LogP) is 2.99. The number of fused-ring (bicyclic) bond motifs is 1. The van der Waals surface area contributed by atoms with Crippen molar-refractivity contribution in [3.05, 3.63) is 60.0 Å². The molecule has 0 unspecified atom stereocenters. The van der Waals surface area contributed by atoms with Gasteiger partial charge in [-0.3, -0.25) is 4.79 Å². The fourth-order valence-corrected chi connectivity index (χ4v) is 2.42. The summed E-state index contributed by atoms with van der Waals surface area (Å²) in [6.45, 7) is 1.50. The van der Waals surface area contributed by atoms with Gasteiger partial charge < -0.3 is 9.14 Å². The maximum absolute atomic E-state index is 11.6. The van der Waals surface area contributed by atoms with Crippen molar-refractivity contribution >= 4 is 17.3 Å². The number of carbonyl (C=O) groups excluding carboxylic acids is 2. The minimum atomic E-state index is -0.372. The van der Waals surface area contributed by atoms with E-state index in [1.165, 1.54) is 14.0 Å². The van der Waals surface area contributed by atoms with Gasteiger partial charge in [0.25, 0.3) is 0 Å². The first-order chi connectivity index (χ1) is 10.6. The van der Waals surface area contributed by atoms with E-state index in [9.17, 15) is 9.59 Å². The lowest BCUT2D eigenvalue weighted by molar-refractivity contribution is 0.0600. The number of Topliss-reactive ketones (excluding diaryl/α,β-unsaturated/α-hetero) is 1. The number of hydrogen-bond acceptors (Lipinski definition) is 4. The van der Waals surface area contributed by atoms with Gasteiger partial charge in [-0.25, -0.2) is 9.78 Å². The molecule has 1 aromatic carbocycles. The molecule has 0 bridgehead atoms. The number of benzene rings is 1. The van der Waals surface area contributed by atoms with E-state index in [-0.39, 0.29) is 11.8 Å². The molecule has 0 spiro atoms. The van der Waals surface area contributed by atoms with Crippen molar-refractivity contribution in [1.29, 1.82) is 0 Å². The molecule has 0 aliphatic heterocycles. The number of ether oxygens (including phenoxy) is 1. The van der Waals surface area contributed by atoms with Crippen LogP contribution in [0.3, 0.4) is 0 Å². The maximum Gasteiger partial charge on any atom is 0.337 e. The third-order valence-corrected chi connectivity index (χ3v) is 3.50. The highest BCUT2D eigenvalue weighted by Crippen LogP contribution is 2.23. The van der Waals surface area contributed by atoms with E-state index >= 15 is 0 Å². The van der Waals surface area contributed by atoms with Crippen LogP contribution in [0.2, 0.25) is 0 Å². The predicted molar refractivity (Wildman–Crippen MR) is 82.0 cm³/mol. The lowest BCUT2D eigenvalue weighted by Gasteiger charge is -2.09. The normalized spacial score (nSPS) is 10.6. The molecule has 0 fully saturated rings. The summed E-state index contributed by atoms with van der Waals surface area (Å²) in [5.74, 6) is -0.445. The quantitative estimate of drug-likeness (QED) is 0.550. The smallest absolute Gasteiger partial charge is 0.337 e. The Morgan fingerprint density at radius 3 is 2.50 bits per heavy atom. The van der Waals surface area contributed by atoms with E-state index in [0.717, 1.165) is 16.8 Å². The van der Waals surface area contributed by atoms with Crippen LogP contribution in [-0.2, 0) is 4.74 Å². The molecule has 3 rings (SSSR count). The molecule has 22 heavy (non-hydrogen) atoms.